The second-order valence-corrected chi connectivity index (χ2v) is 8.91. The Morgan fingerprint density at radius 2 is 1.77 bits per heavy atom. The van der Waals surface area contributed by atoms with E-state index in [4.69, 9.17) is 0 Å². The molecule has 22 heavy (non-hydrogen) atoms. The molecule has 0 aliphatic heterocycles. The van der Waals surface area contributed by atoms with E-state index < -0.39 is 0 Å². The van der Waals surface area contributed by atoms with Crippen molar-refractivity contribution in [3.8, 4) is 0 Å². The summed E-state index contributed by atoms with van der Waals surface area (Å²) in [6, 6.07) is 0. The van der Waals surface area contributed by atoms with Crippen LogP contribution >= 0.6 is 0 Å². The molecule has 0 saturated heterocycles. The number of fused-ring (bicyclic) bond motifs is 5. The Kier molecular flexibility index (Phi) is 3.15. The normalized spacial score (nSPS) is 54.6. The molecule has 122 valence electrons. The maximum absolute atomic E-state index is 12.8. The zero-order valence-corrected chi connectivity index (χ0v) is 13.8. The van der Waals surface area contributed by atoms with Gasteiger partial charge in [0.15, 0.2) is 0 Å². The Hall–Kier alpha value is -0.700. The minimum absolute atomic E-state index is 0.0674. The van der Waals surface area contributed by atoms with Crippen LogP contribution in [-0.2, 0) is 9.59 Å². The lowest BCUT2D eigenvalue weighted by atomic mass is 9.45. The van der Waals surface area contributed by atoms with Crippen LogP contribution in [0.1, 0.15) is 65.2 Å². The lowest BCUT2D eigenvalue weighted by Gasteiger charge is -2.58. The molecule has 4 fully saturated rings. The highest BCUT2D eigenvalue weighted by atomic mass is 16.3. The van der Waals surface area contributed by atoms with Gasteiger partial charge in [0, 0.05) is 11.8 Å². The average molecular weight is 304 g/mol. The van der Waals surface area contributed by atoms with Crippen molar-refractivity contribution >= 4 is 11.6 Å². The summed E-state index contributed by atoms with van der Waals surface area (Å²) in [6.07, 6.45) is 6.95. The van der Waals surface area contributed by atoms with Gasteiger partial charge in [-0.2, -0.15) is 0 Å². The van der Waals surface area contributed by atoms with Gasteiger partial charge in [-0.15, -0.1) is 0 Å². The van der Waals surface area contributed by atoms with E-state index in [-0.39, 0.29) is 40.8 Å². The van der Waals surface area contributed by atoms with Crippen LogP contribution in [0.25, 0.3) is 0 Å². The third-order valence-corrected chi connectivity index (χ3v) is 8.29. The third-order valence-electron chi connectivity index (χ3n) is 8.29. The van der Waals surface area contributed by atoms with Crippen LogP contribution in [0.2, 0.25) is 0 Å². The van der Waals surface area contributed by atoms with Crippen molar-refractivity contribution in [2.75, 3.05) is 0 Å². The topological polar surface area (TPSA) is 54.4 Å². The summed E-state index contributed by atoms with van der Waals surface area (Å²) < 4.78 is 0. The Balaban J connectivity index is 1.69. The molecule has 4 rings (SSSR count). The lowest BCUT2D eigenvalue weighted by molar-refractivity contribution is -0.161. The van der Waals surface area contributed by atoms with Gasteiger partial charge >= 0.3 is 0 Å². The van der Waals surface area contributed by atoms with Crippen LogP contribution < -0.4 is 0 Å². The Labute approximate surface area is 132 Å². The molecule has 4 aliphatic carbocycles. The molecular formula is C19H28O3. The first-order valence-electron chi connectivity index (χ1n) is 9.10. The van der Waals surface area contributed by atoms with E-state index in [2.05, 4.69) is 13.8 Å². The SMILES string of the molecule is C[C@]12C(=O)CC(=O)CC1CC[C@@H]1[C@@H]2CC[C@]2(C)C(O)CC[C@@H]12. The molecule has 2 unspecified atom stereocenters. The number of ketones is 2. The Morgan fingerprint density at radius 1 is 1.00 bits per heavy atom. The largest absolute Gasteiger partial charge is 0.393 e. The van der Waals surface area contributed by atoms with E-state index in [1.807, 2.05) is 0 Å². The molecule has 0 spiro atoms. The van der Waals surface area contributed by atoms with Crippen LogP contribution in [0.15, 0.2) is 0 Å². The van der Waals surface area contributed by atoms with Gasteiger partial charge in [-0.05, 0) is 67.6 Å². The number of aliphatic hydroxyl groups excluding tert-OH is 1. The molecule has 4 saturated carbocycles. The van der Waals surface area contributed by atoms with Gasteiger partial charge in [0.25, 0.3) is 0 Å². The van der Waals surface area contributed by atoms with Crippen molar-refractivity contribution in [3.63, 3.8) is 0 Å². The van der Waals surface area contributed by atoms with Crippen LogP contribution in [0, 0.1) is 34.5 Å². The van der Waals surface area contributed by atoms with Crippen LogP contribution in [0.4, 0.5) is 0 Å². The maximum atomic E-state index is 12.8. The molecule has 7 atom stereocenters. The molecule has 3 heteroatoms. The molecule has 0 aromatic rings. The summed E-state index contributed by atoms with van der Waals surface area (Å²) >= 11 is 0. The monoisotopic (exact) mass is 304 g/mol. The number of rotatable bonds is 0. The minimum Gasteiger partial charge on any atom is -0.393 e. The second kappa shape index (κ2) is 4.66. The molecule has 0 bridgehead atoms. The standard InChI is InChI=1S/C19H28O3/c1-18-8-7-15-13(14(18)5-6-16(18)21)4-3-11-9-12(20)10-17(22)19(11,15)2/h11,13-16,21H,3-10H2,1-2H3/t11?,13-,14-,15-,16?,18-,19-/m0/s1. The Morgan fingerprint density at radius 3 is 2.55 bits per heavy atom. The molecule has 1 N–H and O–H groups in total. The predicted molar refractivity (Wildman–Crippen MR) is 83.1 cm³/mol. The number of carbonyl (C=O) groups is 2. The van der Waals surface area contributed by atoms with Crippen molar-refractivity contribution in [1.82, 2.24) is 0 Å². The average Bonchev–Trinajstić information content (AvgIpc) is 2.77. The summed E-state index contributed by atoms with van der Waals surface area (Å²) in [6.45, 7) is 4.43. The van der Waals surface area contributed by atoms with Gasteiger partial charge in [0.2, 0.25) is 0 Å². The number of aliphatic hydroxyl groups is 1. The third kappa shape index (κ3) is 1.72. The van der Waals surface area contributed by atoms with Gasteiger partial charge in [-0.1, -0.05) is 13.8 Å². The smallest absolute Gasteiger partial charge is 0.146 e. The highest BCUT2D eigenvalue weighted by molar-refractivity contribution is 6.04. The molecule has 0 heterocycles. The number of Topliss-reactive ketones (excluding diaryl/α,β-unsaturated/α-hetero) is 2. The van der Waals surface area contributed by atoms with Crippen molar-refractivity contribution < 1.29 is 14.7 Å². The summed E-state index contributed by atoms with van der Waals surface area (Å²) in [7, 11) is 0. The zero-order valence-electron chi connectivity index (χ0n) is 13.8. The predicted octanol–water partition coefficient (Wildman–Crippen LogP) is 3.14. The lowest BCUT2D eigenvalue weighted by Crippen LogP contribution is -2.57. The maximum Gasteiger partial charge on any atom is 0.146 e. The van der Waals surface area contributed by atoms with Crippen molar-refractivity contribution in [3.05, 3.63) is 0 Å². The van der Waals surface area contributed by atoms with E-state index in [0.717, 1.165) is 38.5 Å². The first kappa shape index (κ1) is 14.9. The van der Waals surface area contributed by atoms with E-state index in [0.29, 0.717) is 24.2 Å². The van der Waals surface area contributed by atoms with Crippen molar-refractivity contribution in [2.45, 2.75) is 71.3 Å². The van der Waals surface area contributed by atoms with Crippen LogP contribution in [0.3, 0.4) is 0 Å². The van der Waals surface area contributed by atoms with E-state index in [1.165, 1.54) is 0 Å². The highest BCUT2D eigenvalue weighted by Crippen LogP contribution is 2.65. The fraction of sp³-hybridized carbons (Fsp3) is 0.895. The molecule has 0 amide bonds. The van der Waals surface area contributed by atoms with E-state index in [9.17, 15) is 14.7 Å². The van der Waals surface area contributed by atoms with Gasteiger partial charge in [0.05, 0.1) is 12.5 Å². The number of hydrogen-bond acceptors (Lipinski definition) is 3. The van der Waals surface area contributed by atoms with Crippen LogP contribution in [0.5, 0.6) is 0 Å². The summed E-state index contributed by atoms with van der Waals surface area (Å²) in [5.74, 6) is 2.24. The molecule has 0 aromatic heterocycles. The molecule has 4 aliphatic rings. The van der Waals surface area contributed by atoms with Crippen molar-refractivity contribution in [2.24, 2.45) is 34.5 Å². The highest BCUT2D eigenvalue weighted by Gasteiger charge is 2.62. The fourth-order valence-corrected chi connectivity index (χ4v) is 6.87. The van der Waals surface area contributed by atoms with Gasteiger partial charge in [-0.3, -0.25) is 9.59 Å². The molecular weight excluding hydrogens is 276 g/mol. The van der Waals surface area contributed by atoms with E-state index in [1.54, 1.807) is 0 Å². The fourth-order valence-electron chi connectivity index (χ4n) is 6.87. The number of carbonyl (C=O) groups excluding carboxylic acids is 2. The molecule has 0 aromatic carbocycles. The van der Waals surface area contributed by atoms with Gasteiger partial charge < -0.3 is 5.11 Å². The van der Waals surface area contributed by atoms with Crippen molar-refractivity contribution in [1.29, 1.82) is 0 Å². The summed E-state index contributed by atoms with van der Waals surface area (Å²) in [5.41, 5.74) is -0.205. The van der Waals surface area contributed by atoms with Crippen LogP contribution in [-0.4, -0.2) is 22.8 Å². The van der Waals surface area contributed by atoms with Gasteiger partial charge in [-0.25, -0.2) is 0 Å². The Bertz CT molecular complexity index is 527. The summed E-state index contributed by atoms with van der Waals surface area (Å²) in [5, 5.41) is 10.4. The number of hydrogen-bond donors (Lipinski definition) is 1. The minimum atomic E-state index is -0.272. The summed E-state index contributed by atoms with van der Waals surface area (Å²) in [4.78, 5) is 24.6. The molecule has 3 nitrogen and oxygen atoms in total. The van der Waals surface area contributed by atoms with E-state index >= 15 is 0 Å². The quantitative estimate of drug-likeness (QED) is 0.700. The second-order valence-electron chi connectivity index (χ2n) is 8.91. The first-order chi connectivity index (χ1) is 10.4. The first-order valence-corrected chi connectivity index (χ1v) is 9.10. The zero-order chi connectivity index (χ0) is 15.7. The van der Waals surface area contributed by atoms with Gasteiger partial charge in [0.1, 0.15) is 11.6 Å². The molecule has 0 radical (unpaired) electrons.